The zero-order valence-electron chi connectivity index (χ0n) is 14.0. The number of carbonyl (C=O) groups is 2. The van der Waals surface area contributed by atoms with E-state index in [0.29, 0.717) is 19.4 Å². The van der Waals surface area contributed by atoms with E-state index in [-0.39, 0.29) is 17.7 Å². The van der Waals surface area contributed by atoms with E-state index in [4.69, 9.17) is 0 Å². The van der Waals surface area contributed by atoms with Crippen LogP contribution in [0.1, 0.15) is 44.1 Å². The first-order chi connectivity index (χ1) is 11.7. The topological polar surface area (TPSA) is 61.4 Å². The molecule has 128 valence electrons. The number of hydrogen-bond donors (Lipinski definition) is 2. The van der Waals surface area contributed by atoms with Gasteiger partial charge in [0.05, 0.1) is 0 Å². The number of nitrogens with one attached hydrogen (secondary N) is 2. The quantitative estimate of drug-likeness (QED) is 0.832. The van der Waals surface area contributed by atoms with Gasteiger partial charge in [-0.15, -0.1) is 0 Å². The molecule has 5 nitrogen and oxygen atoms in total. The van der Waals surface area contributed by atoms with Gasteiger partial charge in [0, 0.05) is 18.2 Å². The van der Waals surface area contributed by atoms with E-state index in [1.54, 1.807) is 0 Å². The van der Waals surface area contributed by atoms with E-state index < -0.39 is 5.54 Å². The number of fused-ring (bicyclic) bond motifs is 1. The van der Waals surface area contributed by atoms with Gasteiger partial charge in [0.2, 0.25) is 11.8 Å². The summed E-state index contributed by atoms with van der Waals surface area (Å²) in [6.45, 7) is 2.08. The molecule has 2 amide bonds. The Kier molecular flexibility index (Phi) is 4.04. The minimum Gasteiger partial charge on any atom is -0.324 e. The van der Waals surface area contributed by atoms with Gasteiger partial charge < -0.3 is 15.5 Å². The van der Waals surface area contributed by atoms with Crippen molar-refractivity contribution in [2.75, 3.05) is 18.4 Å². The Morgan fingerprint density at radius 3 is 2.58 bits per heavy atom. The van der Waals surface area contributed by atoms with Crippen LogP contribution < -0.4 is 10.6 Å². The summed E-state index contributed by atoms with van der Waals surface area (Å²) in [4.78, 5) is 28.4. The molecule has 0 radical (unpaired) electrons. The van der Waals surface area contributed by atoms with Gasteiger partial charge in [0.25, 0.3) is 0 Å². The van der Waals surface area contributed by atoms with E-state index in [0.717, 1.165) is 50.0 Å². The molecule has 0 atom stereocenters. The summed E-state index contributed by atoms with van der Waals surface area (Å²) in [5, 5.41) is 6.43. The summed E-state index contributed by atoms with van der Waals surface area (Å²) >= 11 is 0. The van der Waals surface area contributed by atoms with Crippen LogP contribution >= 0.6 is 0 Å². The zero-order valence-corrected chi connectivity index (χ0v) is 14.0. The Balaban J connectivity index is 1.75. The first kappa shape index (κ1) is 15.6. The van der Waals surface area contributed by atoms with E-state index in [2.05, 4.69) is 10.6 Å². The number of nitrogens with zero attached hydrogens (tertiary/aromatic N) is 1. The first-order valence-electron chi connectivity index (χ1n) is 9.12. The molecule has 2 N–H and O–H groups in total. The molecule has 1 aromatic carbocycles. The van der Waals surface area contributed by atoms with E-state index in [1.165, 1.54) is 0 Å². The number of amides is 2. The van der Waals surface area contributed by atoms with Crippen LogP contribution in [0, 0.1) is 5.92 Å². The molecule has 4 rings (SSSR count). The molecule has 3 aliphatic rings. The van der Waals surface area contributed by atoms with Crippen LogP contribution in [0.3, 0.4) is 0 Å². The predicted octanol–water partition coefficient (Wildman–Crippen LogP) is 2.28. The fraction of sp³-hybridized carbons (Fsp3) is 0.579. The molecule has 5 heteroatoms. The molecular formula is C19H25N3O2. The van der Waals surface area contributed by atoms with Crippen LogP contribution in [0.4, 0.5) is 5.69 Å². The van der Waals surface area contributed by atoms with Crippen LogP contribution in [0.15, 0.2) is 24.3 Å². The molecule has 2 heterocycles. The smallest absolute Gasteiger partial charge is 0.250 e. The van der Waals surface area contributed by atoms with E-state index >= 15 is 0 Å². The van der Waals surface area contributed by atoms with Crippen molar-refractivity contribution in [1.29, 1.82) is 0 Å². The fourth-order valence-electron chi connectivity index (χ4n) is 4.48. The van der Waals surface area contributed by atoms with Crippen molar-refractivity contribution >= 4 is 17.5 Å². The van der Waals surface area contributed by atoms with E-state index in [9.17, 15) is 9.59 Å². The van der Waals surface area contributed by atoms with Crippen molar-refractivity contribution < 1.29 is 9.59 Å². The van der Waals surface area contributed by atoms with Crippen LogP contribution in [0.25, 0.3) is 0 Å². The van der Waals surface area contributed by atoms with Gasteiger partial charge in [-0.25, -0.2) is 0 Å². The highest BCUT2D eigenvalue weighted by molar-refractivity contribution is 6.02. The molecule has 0 unspecified atom stereocenters. The minimum atomic E-state index is -0.704. The molecule has 1 aromatic rings. The van der Waals surface area contributed by atoms with Gasteiger partial charge in [-0.05, 0) is 50.4 Å². The molecule has 1 saturated heterocycles. The average Bonchev–Trinajstić information content (AvgIpc) is 3.12. The van der Waals surface area contributed by atoms with Crippen molar-refractivity contribution in [3.05, 3.63) is 29.8 Å². The number of hydrogen-bond acceptors (Lipinski definition) is 3. The summed E-state index contributed by atoms with van der Waals surface area (Å²) in [5.41, 5.74) is 1.18. The summed E-state index contributed by atoms with van der Waals surface area (Å²) in [6.07, 6.45) is 5.56. The maximum atomic E-state index is 13.3. The van der Waals surface area contributed by atoms with Crippen molar-refractivity contribution in [3.63, 3.8) is 0 Å². The van der Waals surface area contributed by atoms with Gasteiger partial charge in [-0.3, -0.25) is 9.59 Å². The Morgan fingerprint density at radius 1 is 1.12 bits per heavy atom. The van der Waals surface area contributed by atoms with Gasteiger partial charge >= 0.3 is 0 Å². The number of anilines is 1. The summed E-state index contributed by atoms with van der Waals surface area (Å²) < 4.78 is 0. The monoisotopic (exact) mass is 327 g/mol. The lowest BCUT2D eigenvalue weighted by molar-refractivity contribution is -0.151. The maximum Gasteiger partial charge on any atom is 0.250 e. The highest BCUT2D eigenvalue weighted by Gasteiger charge is 2.49. The third-order valence-corrected chi connectivity index (χ3v) is 5.93. The van der Waals surface area contributed by atoms with Crippen LogP contribution in [0.5, 0.6) is 0 Å². The zero-order chi connectivity index (χ0) is 16.6. The summed E-state index contributed by atoms with van der Waals surface area (Å²) in [6, 6.07) is 7.86. The number of piperidine rings is 1. The lowest BCUT2D eigenvalue weighted by Gasteiger charge is -2.44. The van der Waals surface area contributed by atoms with Crippen LogP contribution in [0.2, 0.25) is 0 Å². The number of benzene rings is 1. The van der Waals surface area contributed by atoms with Gasteiger partial charge in [-0.2, -0.15) is 0 Å². The highest BCUT2D eigenvalue weighted by atomic mass is 16.2. The third kappa shape index (κ3) is 2.51. The second-order valence-electron chi connectivity index (χ2n) is 7.30. The van der Waals surface area contributed by atoms with Gasteiger partial charge in [0.15, 0.2) is 0 Å². The standard InChI is InChI=1S/C19H25N3O2/c23-17(14-5-1-2-6-14)22-13-15-7-3-4-8-16(15)21-18(24)19(22)9-11-20-12-10-19/h3-4,7-8,14,20H,1-2,5-6,9-13H2,(H,21,24). The van der Waals surface area contributed by atoms with Crippen molar-refractivity contribution in [3.8, 4) is 0 Å². The van der Waals surface area contributed by atoms with Crippen molar-refractivity contribution in [2.45, 2.75) is 50.6 Å². The third-order valence-electron chi connectivity index (χ3n) is 5.93. The fourth-order valence-corrected chi connectivity index (χ4v) is 4.48. The van der Waals surface area contributed by atoms with Gasteiger partial charge in [-0.1, -0.05) is 31.0 Å². The second-order valence-corrected chi connectivity index (χ2v) is 7.30. The molecule has 1 saturated carbocycles. The molecule has 1 spiro atoms. The van der Waals surface area contributed by atoms with Crippen molar-refractivity contribution in [2.24, 2.45) is 5.92 Å². The average molecular weight is 327 g/mol. The lowest BCUT2D eigenvalue weighted by atomic mass is 9.84. The molecule has 1 aliphatic carbocycles. The minimum absolute atomic E-state index is 0.0136. The molecule has 0 bridgehead atoms. The summed E-state index contributed by atoms with van der Waals surface area (Å²) in [5.74, 6) is 0.261. The van der Waals surface area contributed by atoms with Crippen LogP contribution in [-0.4, -0.2) is 35.3 Å². The molecule has 0 aromatic heterocycles. The second kappa shape index (κ2) is 6.20. The van der Waals surface area contributed by atoms with Crippen LogP contribution in [-0.2, 0) is 16.1 Å². The molecular weight excluding hydrogens is 302 g/mol. The molecule has 24 heavy (non-hydrogen) atoms. The first-order valence-corrected chi connectivity index (χ1v) is 9.12. The number of carbonyl (C=O) groups excluding carboxylic acids is 2. The summed E-state index contributed by atoms with van der Waals surface area (Å²) in [7, 11) is 0. The normalized spacial score (nSPS) is 23.7. The lowest BCUT2D eigenvalue weighted by Crippen LogP contribution is -2.62. The Bertz CT molecular complexity index is 646. The Hall–Kier alpha value is -1.88. The SMILES string of the molecule is O=C(C1CCCC1)N1Cc2ccccc2NC(=O)C12CCNCC2. The largest absolute Gasteiger partial charge is 0.324 e. The number of para-hydroxylation sites is 1. The Labute approximate surface area is 142 Å². The van der Waals surface area contributed by atoms with E-state index in [1.807, 2.05) is 29.2 Å². The number of rotatable bonds is 1. The van der Waals surface area contributed by atoms with Gasteiger partial charge in [0.1, 0.15) is 5.54 Å². The predicted molar refractivity (Wildman–Crippen MR) is 92.4 cm³/mol. The Morgan fingerprint density at radius 2 is 1.83 bits per heavy atom. The molecule has 2 fully saturated rings. The maximum absolute atomic E-state index is 13.3. The van der Waals surface area contributed by atoms with Crippen molar-refractivity contribution in [1.82, 2.24) is 10.2 Å². The molecule has 2 aliphatic heterocycles. The highest BCUT2D eigenvalue weighted by Crippen LogP contribution is 2.37.